The predicted molar refractivity (Wildman–Crippen MR) is 153 cm³/mol. The van der Waals surface area contributed by atoms with Crippen molar-refractivity contribution in [3.8, 4) is 11.5 Å². The number of benzene rings is 3. The molecule has 200 valence electrons. The lowest BCUT2D eigenvalue weighted by atomic mass is 10.2. The molecule has 0 spiro atoms. The van der Waals surface area contributed by atoms with E-state index in [-0.39, 0.29) is 0 Å². The van der Waals surface area contributed by atoms with Gasteiger partial charge in [0.2, 0.25) is 0 Å². The molecule has 0 heterocycles. The largest absolute Gasteiger partial charge is 0.631 e. The van der Waals surface area contributed by atoms with Crippen LogP contribution < -0.4 is 14.4 Å². The van der Waals surface area contributed by atoms with E-state index in [1.54, 1.807) is 0 Å². The highest BCUT2D eigenvalue weighted by molar-refractivity contribution is 6.30. The minimum absolute atomic E-state index is 0.779. The number of rotatable bonds is 15. The maximum absolute atomic E-state index is 7.17. The summed E-state index contributed by atoms with van der Waals surface area (Å²) >= 11 is 0. The molecule has 37 heavy (non-hydrogen) atoms. The van der Waals surface area contributed by atoms with Gasteiger partial charge in [-0.2, -0.15) is 0 Å². The maximum Gasteiger partial charge on any atom is 0.631 e. The van der Waals surface area contributed by atoms with Gasteiger partial charge in [0, 0.05) is 17.1 Å². The van der Waals surface area contributed by atoms with E-state index >= 15 is 0 Å². The second-order valence-corrected chi connectivity index (χ2v) is 8.82. The number of para-hydroxylation sites is 1. The lowest BCUT2D eigenvalue weighted by Gasteiger charge is -2.25. The van der Waals surface area contributed by atoms with Gasteiger partial charge in [0.25, 0.3) is 0 Å². The average Bonchev–Trinajstić information content (AvgIpc) is 2.91. The monoisotopic (exact) mass is 507 g/mol. The molecule has 0 amide bonds. The molecule has 0 aliphatic heterocycles. The Labute approximate surface area is 222 Å². The first-order valence-electron chi connectivity index (χ1n) is 13.4. The summed E-state index contributed by atoms with van der Waals surface area (Å²) in [6.45, 7) is 6.02. The third-order valence-electron chi connectivity index (χ3n) is 5.74. The van der Waals surface area contributed by atoms with Gasteiger partial charge in [-0.15, -0.1) is 0 Å². The lowest BCUT2D eigenvalue weighted by molar-refractivity contribution is 0.278. The molecule has 0 bridgehead atoms. The Morgan fingerprint density at radius 1 is 0.541 bits per heavy atom. The molecule has 0 aliphatic rings. The van der Waals surface area contributed by atoms with E-state index in [0.717, 1.165) is 54.6 Å². The first-order chi connectivity index (χ1) is 18.0. The molecule has 3 aromatic carbocycles. The summed E-state index contributed by atoms with van der Waals surface area (Å²) < 4.78 is 11.9. The van der Waals surface area contributed by atoms with Crippen LogP contribution in [0.2, 0.25) is 0 Å². The van der Waals surface area contributed by atoms with E-state index in [0.29, 0.717) is 0 Å². The number of anilines is 3. The first kappa shape index (κ1) is 30.2. The van der Waals surface area contributed by atoms with Crippen molar-refractivity contribution in [3.63, 3.8) is 0 Å². The molecule has 7 heteroatoms. The molecule has 0 saturated carbocycles. The standard InChI is InChI=1S/C30H39NO2.BH3O3/c1-3-5-7-12-24-32-29-20-16-27(17-21-29)31(26-14-10-9-11-15-26)28-18-22-30(23-19-28)33-25-13-8-6-4-2;2-1(3)4/h9-11,14-23H,3-8,12-13,24-25H2,1-2H3;2-4H. The van der Waals surface area contributed by atoms with Gasteiger partial charge in [0.05, 0.1) is 13.2 Å². The second-order valence-electron chi connectivity index (χ2n) is 8.82. The van der Waals surface area contributed by atoms with Gasteiger partial charge in [-0.05, 0) is 73.5 Å². The van der Waals surface area contributed by atoms with Crippen molar-refractivity contribution in [2.75, 3.05) is 18.1 Å². The van der Waals surface area contributed by atoms with Crippen LogP contribution in [0.25, 0.3) is 0 Å². The Morgan fingerprint density at radius 3 is 1.30 bits per heavy atom. The van der Waals surface area contributed by atoms with E-state index in [1.807, 2.05) is 6.07 Å². The Bertz CT molecular complexity index is 892. The fraction of sp³-hybridized carbons (Fsp3) is 0.400. The SMILES string of the molecule is CCCCCCOc1ccc(N(c2ccccc2)c2ccc(OCCCCCC)cc2)cc1.OB(O)O. The quantitative estimate of drug-likeness (QED) is 0.151. The first-order valence-corrected chi connectivity index (χ1v) is 13.4. The molecule has 0 saturated heterocycles. The van der Waals surface area contributed by atoms with Crippen molar-refractivity contribution in [1.29, 1.82) is 0 Å². The highest BCUT2D eigenvalue weighted by Gasteiger charge is 2.12. The Kier molecular flexibility index (Phi) is 14.9. The van der Waals surface area contributed by atoms with Crippen molar-refractivity contribution in [2.24, 2.45) is 0 Å². The normalized spacial score (nSPS) is 10.3. The van der Waals surface area contributed by atoms with Crippen molar-refractivity contribution in [1.82, 2.24) is 0 Å². The Morgan fingerprint density at radius 2 is 0.919 bits per heavy atom. The van der Waals surface area contributed by atoms with Crippen molar-refractivity contribution < 1.29 is 24.5 Å². The zero-order valence-electron chi connectivity index (χ0n) is 22.3. The van der Waals surface area contributed by atoms with Crippen molar-refractivity contribution >= 4 is 24.4 Å². The third kappa shape index (κ3) is 12.2. The molecule has 0 fully saturated rings. The minimum Gasteiger partial charge on any atom is -0.494 e. The highest BCUT2D eigenvalue weighted by Crippen LogP contribution is 2.35. The molecule has 0 aromatic heterocycles. The molecule has 0 radical (unpaired) electrons. The van der Waals surface area contributed by atoms with Crippen LogP contribution in [0.5, 0.6) is 11.5 Å². The van der Waals surface area contributed by atoms with Crippen LogP contribution in [0.1, 0.15) is 65.2 Å². The van der Waals surface area contributed by atoms with E-state index < -0.39 is 7.32 Å². The summed E-state index contributed by atoms with van der Waals surface area (Å²) in [5.41, 5.74) is 3.33. The van der Waals surface area contributed by atoms with E-state index in [2.05, 4.69) is 91.5 Å². The molecular weight excluding hydrogens is 465 g/mol. The number of ether oxygens (including phenoxy) is 2. The van der Waals surface area contributed by atoms with Crippen LogP contribution in [0, 0.1) is 0 Å². The summed E-state index contributed by atoms with van der Waals surface area (Å²) in [6.07, 6.45) is 9.72. The topological polar surface area (TPSA) is 82.4 Å². The lowest BCUT2D eigenvalue weighted by Crippen LogP contribution is -2.10. The number of nitrogens with zero attached hydrogens (tertiary/aromatic N) is 1. The van der Waals surface area contributed by atoms with Crippen LogP contribution in [0.4, 0.5) is 17.1 Å². The van der Waals surface area contributed by atoms with E-state index in [1.165, 1.54) is 38.5 Å². The summed E-state index contributed by atoms with van der Waals surface area (Å²) in [4.78, 5) is 2.26. The van der Waals surface area contributed by atoms with Crippen molar-refractivity contribution in [3.05, 3.63) is 78.9 Å². The number of hydrogen-bond donors (Lipinski definition) is 3. The van der Waals surface area contributed by atoms with Crippen LogP contribution >= 0.6 is 0 Å². The van der Waals surface area contributed by atoms with Crippen LogP contribution in [-0.4, -0.2) is 35.6 Å². The van der Waals surface area contributed by atoms with Crippen LogP contribution in [-0.2, 0) is 0 Å². The Balaban J connectivity index is 0.00000112. The molecule has 3 rings (SSSR count). The smallest absolute Gasteiger partial charge is 0.494 e. The fourth-order valence-corrected chi connectivity index (χ4v) is 3.84. The van der Waals surface area contributed by atoms with Gasteiger partial charge in [-0.25, -0.2) is 0 Å². The average molecular weight is 507 g/mol. The summed E-state index contributed by atoms with van der Waals surface area (Å²) in [5, 5.41) is 21.5. The van der Waals surface area contributed by atoms with Gasteiger partial charge in [0.15, 0.2) is 0 Å². The predicted octanol–water partition coefficient (Wildman–Crippen LogP) is 7.02. The van der Waals surface area contributed by atoms with E-state index in [4.69, 9.17) is 24.5 Å². The van der Waals surface area contributed by atoms with E-state index in [9.17, 15) is 0 Å². The molecule has 0 aliphatic carbocycles. The van der Waals surface area contributed by atoms with Gasteiger partial charge in [0.1, 0.15) is 11.5 Å². The van der Waals surface area contributed by atoms with Crippen molar-refractivity contribution in [2.45, 2.75) is 65.2 Å². The number of unbranched alkanes of at least 4 members (excludes halogenated alkanes) is 6. The number of hydrogen-bond acceptors (Lipinski definition) is 6. The third-order valence-corrected chi connectivity index (χ3v) is 5.74. The summed E-state index contributed by atoms with van der Waals surface area (Å²) in [7, 11) is -2.17. The van der Waals surface area contributed by atoms with Gasteiger partial charge in [-0.3, -0.25) is 0 Å². The molecule has 0 atom stereocenters. The zero-order valence-corrected chi connectivity index (χ0v) is 22.3. The molecular formula is C30H42BNO5. The van der Waals surface area contributed by atoms with Gasteiger partial charge >= 0.3 is 7.32 Å². The van der Waals surface area contributed by atoms with Crippen LogP contribution in [0.3, 0.4) is 0 Å². The molecule has 3 aromatic rings. The zero-order chi connectivity index (χ0) is 26.7. The molecule has 6 nitrogen and oxygen atoms in total. The summed E-state index contributed by atoms with van der Waals surface area (Å²) in [5.74, 6) is 1.85. The fourth-order valence-electron chi connectivity index (χ4n) is 3.84. The van der Waals surface area contributed by atoms with Gasteiger partial charge in [-0.1, -0.05) is 70.6 Å². The minimum atomic E-state index is -2.17. The molecule has 0 unspecified atom stereocenters. The molecule has 3 N–H and O–H groups in total. The van der Waals surface area contributed by atoms with Gasteiger partial charge < -0.3 is 29.4 Å². The second kappa shape index (κ2) is 18.3. The highest BCUT2D eigenvalue weighted by atomic mass is 16.5. The van der Waals surface area contributed by atoms with Crippen LogP contribution in [0.15, 0.2) is 78.9 Å². The maximum atomic E-state index is 7.17. The summed E-state index contributed by atoms with van der Waals surface area (Å²) in [6, 6.07) is 27.3. The Hall–Kier alpha value is -3.00.